The summed E-state index contributed by atoms with van der Waals surface area (Å²) >= 11 is 0. The summed E-state index contributed by atoms with van der Waals surface area (Å²) in [6.45, 7) is 6.62. The lowest BCUT2D eigenvalue weighted by Crippen LogP contribution is -2.33. The molecule has 1 aromatic rings. The summed E-state index contributed by atoms with van der Waals surface area (Å²) in [4.78, 5) is 0. The molecule has 1 N–H and O–H groups in total. The molecule has 1 fully saturated rings. The number of hydrogen-bond acceptors (Lipinski definition) is 3. The zero-order chi connectivity index (χ0) is 13.0. The van der Waals surface area contributed by atoms with Gasteiger partial charge in [-0.3, -0.25) is 0 Å². The third-order valence-electron chi connectivity index (χ3n) is 4.09. The van der Waals surface area contributed by atoms with Crippen LogP contribution in [0.5, 0.6) is 0 Å². The highest BCUT2D eigenvalue weighted by Gasteiger charge is 2.33. The molecule has 0 atom stereocenters. The van der Waals surface area contributed by atoms with Crippen LogP contribution in [-0.2, 0) is 13.6 Å². The number of nitrogens with one attached hydrogen (secondary N) is 1. The Balaban J connectivity index is 1.85. The number of nitrogens with zero attached hydrogens (tertiary/aromatic N) is 3. The normalized spacial score (nSPS) is 18.7. The molecule has 0 saturated heterocycles. The highest BCUT2D eigenvalue weighted by molar-refractivity contribution is 4.89. The molecule has 2 rings (SSSR count). The van der Waals surface area contributed by atoms with Gasteiger partial charge in [0, 0.05) is 13.6 Å². The third kappa shape index (κ3) is 3.31. The fraction of sp³-hybridized carbons (Fsp3) is 0.857. The molecular weight excluding hydrogens is 224 g/mol. The first-order valence-corrected chi connectivity index (χ1v) is 7.15. The maximum absolute atomic E-state index is 4.11. The summed E-state index contributed by atoms with van der Waals surface area (Å²) in [5.74, 6) is 1.81. The second kappa shape index (κ2) is 5.83. The number of hydrogen-bond donors (Lipinski definition) is 1. The molecule has 0 aromatic carbocycles. The molecule has 0 bridgehead atoms. The van der Waals surface area contributed by atoms with Crippen LogP contribution in [0, 0.1) is 11.3 Å². The highest BCUT2D eigenvalue weighted by atomic mass is 15.3. The largest absolute Gasteiger partial charge is 0.320 e. The minimum Gasteiger partial charge on any atom is -0.320 e. The lowest BCUT2D eigenvalue weighted by molar-refractivity contribution is 0.222. The van der Waals surface area contributed by atoms with Crippen molar-refractivity contribution in [2.45, 2.75) is 52.5 Å². The van der Waals surface area contributed by atoms with Crippen molar-refractivity contribution >= 4 is 0 Å². The molecule has 4 heteroatoms. The Morgan fingerprint density at radius 3 is 2.67 bits per heavy atom. The molecule has 4 nitrogen and oxygen atoms in total. The molecule has 0 amide bonds. The smallest absolute Gasteiger partial charge is 0.146 e. The van der Waals surface area contributed by atoms with Gasteiger partial charge in [0.15, 0.2) is 0 Å². The standard InChI is InChI=1S/C14H26N4/c1-12(2)8-14(6-4-5-7-14)10-15-9-13-17-16-11-18(13)3/h11-12,15H,4-10H2,1-3H3. The van der Waals surface area contributed by atoms with Crippen LogP contribution >= 0.6 is 0 Å². The van der Waals surface area contributed by atoms with Gasteiger partial charge >= 0.3 is 0 Å². The summed E-state index contributed by atoms with van der Waals surface area (Å²) in [5, 5.41) is 11.6. The molecule has 1 aliphatic carbocycles. The first kappa shape index (κ1) is 13.5. The maximum Gasteiger partial charge on any atom is 0.146 e. The van der Waals surface area contributed by atoms with E-state index in [1.54, 1.807) is 6.33 Å². The van der Waals surface area contributed by atoms with Crippen LogP contribution in [-0.4, -0.2) is 21.3 Å². The maximum atomic E-state index is 4.11. The van der Waals surface area contributed by atoms with E-state index in [-0.39, 0.29) is 0 Å². The molecule has 1 heterocycles. The first-order chi connectivity index (χ1) is 8.61. The molecule has 1 aromatic heterocycles. The van der Waals surface area contributed by atoms with Gasteiger partial charge in [0.25, 0.3) is 0 Å². The van der Waals surface area contributed by atoms with E-state index in [0.717, 1.165) is 24.8 Å². The summed E-state index contributed by atoms with van der Waals surface area (Å²) in [5.41, 5.74) is 0.534. The summed E-state index contributed by atoms with van der Waals surface area (Å²) in [7, 11) is 2.00. The van der Waals surface area contributed by atoms with Gasteiger partial charge < -0.3 is 9.88 Å². The third-order valence-corrected chi connectivity index (χ3v) is 4.09. The zero-order valence-electron chi connectivity index (χ0n) is 11.9. The van der Waals surface area contributed by atoms with E-state index in [1.807, 2.05) is 11.6 Å². The Bertz CT molecular complexity index is 364. The van der Waals surface area contributed by atoms with E-state index in [2.05, 4.69) is 29.4 Å². The Kier molecular flexibility index (Phi) is 4.38. The quantitative estimate of drug-likeness (QED) is 0.843. The van der Waals surface area contributed by atoms with Crippen molar-refractivity contribution in [1.29, 1.82) is 0 Å². The van der Waals surface area contributed by atoms with Crippen molar-refractivity contribution in [2.24, 2.45) is 18.4 Å². The van der Waals surface area contributed by atoms with Gasteiger partial charge in [0.2, 0.25) is 0 Å². The monoisotopic (exact) mass is 250 g/mol. The van der Waals surface area contributed by atoms with Crippen LogP contribution in [0.15, 0.2) is 6.33 Å². The average molecular weight is 250 g/mol. The van der Waals surface area contributed by atoms with Crippen molar-refractivity contribution in [3.05, 3.63) is 12.2 Å². The van der Waals surface area contributed by atoms with Gasteiger partial charge in [-0.15, -0.1) is 10.2 Å². The molecule has 0 unspecified atom stereocenters. The van der Waals surface area contributed by atoms with Crippen LogP contribution in [0.25, 0.3) is 0 Å². The predicted molar refractivity (Wildman–Crippen MR) is 73.1 cm³/mol. The van der Waals surface area contributed by atoms with E-state index in [1.165, 1.54) is 32.1 Å². The molecule has 1 aliphatic rings. The first-order valence-electron chi connectivity index (χ1n) is 7.15. The topological polar surface area (TPSA) is 42.7 Å². The van der Waals surface area contributed by atoms with Crippen LogP contribution in [0.1, 0.15) is 51.8 Å². The van der Waals surface area contributed by atoms with Crippen LogP contribution in [0.3, 0.4) is 0 Å². The lowest BCUT2D eigenvalue weighted by atomic mass is 9.78. The SMILES string of the molecule is CC(C)CC1(CNCc2nncn2C)CCCC1. The van der Waals surface area contributed by atoms with Crippen molar-refractivity contribution in [3.8, 4) is 0 Å². The Labute approximate surface area is 110 Å². The molecule has 0 spiro atoms. The minimum atomic E-state index is 0.534. The second-order valence-corrected chi connectivity index (χ2v) is 6.27. The predicted octanol–water partition coefficient (Wildman–Crippen LogP) is 2.51. The van der Waals surface area contributed by atoms with Crippen LogP contribution < -0.4 is 5.32 Å². The number of aryl methyl sites for hydroxylation is 1. The molecule has 0 radical (unpaired) electrons. The lowest BCUT2D eigenvalue weighted by Gasteiger charge is -2.31. The molecule has 0 aliphatic heterocycles. The van der Waals surface area contributed by atoms with Crippen molar-refractivity contribution in [1.82, 2.24) is 20.1 Å². The molecule has 1 saturated carbocycles. The second-order valence-electron chi connectivity index (χ2n) is 6.27. The Morgan fingerprint density at radius 2 is 2.11 bits per heavy atom. The fourth-order valence-electron chi connectivity index (χ4n) is 3.35. The van der Waals surface area contributed by atoms with E-state index < -0.39 is 0 Å². The van der Waals surface area contributed by atoms with Gasteiger partial charge in [-0.2, -0.15) is 0 Å². The van der Waals surface area contributed by atoms with E-state index >= 15 is 0 Å². The van der Waals surface area contributed by atoms with Gasteiger partial charge in [0.05, 0.1) is 6.54 Å². The zero-order valence-corrected chi connectivity index (χ0v) is 11.9. The van der Waals surface area contributed by atoms with Crippen LogP contribution in [0.4, 0.5) is 0 Å². The van der Waals surface area contributed by atoms with Crippen molar-refractivity contribution < 1.29 is 0 Å². The van der Waals surface area contributed by atoms with Crippen molar-refractivity contribution in [3.63, 3.8) is 0 Å². The van der Waals surface area contributed by atoms with Gasteiger partial charge in [-0.25, -0.2) is 0 Å². The Morgan fingerprint density at radius 1 is 1.39 bits per heavy atom. The highest BCUT2D eigenvalue weighted by Crippen LogP contribution is 2.42. The van der Waals surface area contributed by atoms with Gasteiger partial charge in [-0.1, -0.05) is 26.7 Å². The summed E-state index contributed by atoms with van der Waals surface area (Å²) in [6, 6.07) is 0. The molecule has 102 valence electrons. The van der Waals surface area contributed by atoms with Crippen LogP contribution in [0.2, 0.25) is 0 Å². The Hall–Kier alpha value is -0.900. The summed E-state index contributed by atoms with van der Waals surface area (Å²) in [6.07, 6.45) is 8.68. The summed E-state index contributed by atoms with van der Waals surface area (Å²) < 4.78 is 1.98. The fourth-order valence-corrected chi connectivity index (χ4v) is 3.35. The van der Waals surface area contributed by atoms with Crippen molar-refractivity contribution in [2.75, 3.05) is 6.54 Å². The molecule has 18 heavy (non-hydrogen) atoms. The average Bonchev–Trinajstić information content (AvgIpc) is 2.89. The van der Waals surface area contributed by atoms with Gasteiger partial charge in [-0.05, 0) is 30.6 Å². The minimum absolute atomic E-state index is 0.534. The molecular formula is C14H26N4. The van der Waals surface area contributed by atoms with E-state index in [4.69, 9.17) is 0 Å². The van der Waals surface area contributed by atoms with Gasteiger partial charge in [0.1, 0.15) is 12.2 Å². The van der Waals surface area contributed by atoms with E-state index in [9.17, 15) is 0 Å². The number of aromatic nitrogens is 3. The van der Waals surface area contributed by atoms with E-state index in [0.29, 0.717) is 5.41 Å². The number of rotatable bonds is 6.